The molecule has 0 amide bonds. The number of aromatic amines is 1. The minimum atomic E-state index is -0.269. The highest BCUT2D eigenvalue weighted by atomic mass is 16.1. The van der Waals surface area contributed by atoms with Crippen LogP contribution in [0.5, 0.6) is 0 Å². The van der Waals surface area contributed by atoms with Crippen LogP contribution in [0.15, 0.2) is 17.2 Å². The Kier molecular flexibility index (Phi) is 3.41. The van der Waals surface area contributed by atoms with E-state index < -0.39 is 0 Å². The summed E-state index contributed by atoms with van der Waals surface area (Å²) in [6.07, 6.45) is 2.96. The van der Waals surface area contributed by atoms with Crippen molar-refractivity contribution < 1.29 is 0 Å². The molecule has 0 aliphatic heterocycles. The number of nitrogens with two attached hydrogens (primary N) is 2. The lowest BCUT2D eigenvalue weighted by molar-refractivity contribution is 0.730. The number of rotatable bonds is 4. The highest BCUT2D eigenvalue weighted by molar-refractivity contribution is 5.31. The normalized spacial score (nSPS) is 10.4. The third-order valence-electron chi connectivity index (χ3n) is 1.62. The van der Waals surface area contributed by atoms with Gasteiger partial charge >= 0.3 is 0 Å². The van der Waals surface area contributed by atoms with Crippen molar-refractivity contribution in [2.45, 2.75) is 6.04 Å². The summed E-state index contributed by atoms with van der Waals surface area (Å²) in [5, 5.41) is 2.84. The van der Waals surface area contributed by atoms with Crippen LogP contribution in [0, 0.1) is 0 Å². The topological polar surface area (TPSA) is 110 Å². The van der Waals surface area contributed by atoms with Crippen LogP contribution in [0.2, 0.25) is 0 Å². The monoisotopic (exact) mass is 183 g/mol. The summed E-state index contributed by atoms with van der Waals surface area (Å²) in [5.74, 6) is 0.253. The second-order valence-electron chi connectivity index (χ2n) is 2.58. The molecule has 0 unspecified atom stereocenters. The Bertz CT molecular complexity index is 306. The third-order valence-corrected chi connectivity index (χ3v) is 1.62. The number of hydrogen-bond acceptors (Lipinski definition) is 5. The molecule has 0 atom stereocenters. The predicted octanol–water partition coefficient (Wildman–Crippen LogP) is -1.53. The zero-order valence-corrected chi connectivity index (χ0v) is 7.16. The summed E-state index contributed by atoms with van der Waals surface area (Å²) in [6, 6.07) is -0.115. The molecule has 6 nitrogen and oxygen atoms in total. The van der Waals surface area contributed by atoms with Crippen LogP contribution < -0.4 is 22.3 Å². The van der Waals surface area contributed by atoms with Crippen molar-refractivity contribution in [2.75, 3.05) is 18.4 Å². The highest BCUT2D eigenvalue weighted by Crippen LogP contribution is 1.92. The molecule has 0 saturated heterocycles. The van der Waals surface area contributed by atoms with Crippen LogP contribution >= 0.6 is 0 Å². The van der Waals surface area contributed by atoms with Crippen LogP contribution in [-0.4, -0.2) is 29.1 Å². The molecule has 13 heavy (non-hydrogen) atoms. The molecule has 0 saturated carbocycles. The first kappa shape index (κ1) is 9.69. The van der Waals surface area contributed by atoms with Crippen LogP contribution in [0.3, 0.4) is 0 Å². The summed E-state index contributed by atoms with van der Waals surface area (Å²) in [7, 11) is 0. The predicted molar refractivity (Wildman–Crippen MR) is 50.4 cm³/mol. The van der Waals surface area contributed by atoms with Crippen molar-refractivity contribution in [3.63, 3.8) is 0 Å². The average Bonchev–Trinajstić information content (AvgIpc) is 2.17. The Morgan fingerprint density at radius 2 is 2.23 bits per heavy atom. The molecule has 0 fully saturated rings. The van der Waals surface area contributed by atoms with Crippen molar-refractivity contribution in [2.24, 2.45) is 11.5 Å². The molecule has 1 rings (SSSR count). The second kappa shape index (κ2) is 4.58. The van der Waals surface area contributed by atoms with Gasteiger partial charge in [-0.15, -0.1) is 0 Å². The first-order valence-electron chi connectivity index (χ1n) is 3.98. The molecule has 0 spiro atoms. The van der Waals surface area contributed by atoms with E-state index >= 15 is 0 Å². The number of nitrogens with one attached hydrogen (secondary N) is 2. The largest absolute Gasteiger partial charge is 0.360 e. The fourth-order valence-electron chi connectivity index (χ4n) is 0.862. The number of H-pyrrole nitrogens is 1. The lowest BCUT2D eigenvalue weighted by atomic mass is 10.3. The number of anilines is 1. The number of aromatic nitrogens is 2. The van der Waals surface area contributed by atoms with Crippen molar-refractivity contribution in [1.29, 1.82) is 0 Å². The van der Waals surface area contributed by atoms with Gasteiger partial charge in [0.1, 0.15) is 0 Å². The van der Waals surface area contributed by atoms with Gasteiger partial charge in [-0.05, 0) is 0 Å². The van der Waals surface area contributed by atoms with E-state index in [1.54, 1.807) is 0 Å². The van der Waals surface area contributed by atoms with Crippen molar-refractivity contribution in [1.82, 2.24) is 9.97 Å². The van der Waals surface area contributed by atoms with E-state index in [2.05, 4.69) is 15.3 Å². The third kappa shape index (κ3) is 2.53. The Morgan fingerprint density at radius 3 is 2.77 bits per heavy atom. The van der Waals surface area contributed by atoms with E-state index in [-0.39, 0.29) is 17.4 Å². The maximum atomic E-state index is 11.1. The lowest BCUT2D eigenvalue weighted by Crippen LogP contribution is -2.38. The maximum Gasteiger partial charge on any atom is 0.290 e. The van der Waals surface area contributed by atoms with Gasteiger partial charge in [-0.1, -0.05) is 0 Å². The van der Waals surface area contributed by atoms with Gasteiger partial charge in [0.15, 0.2) is 5.82 Å². The van der Waals surface area contributed by atoms with Gasteiger partial charge in [0.25, 0.3) is 5.56 Å². The highest BCUT2D eigenvalue weighted by Gasteiger charge is 2.06. The van der Waals surface area contributed by atoms with E-state index in [1.165, 1.54) is 12.4 Å². The summed E-state index contributed by atoms with van der Waals surface area (Å²) >= 11 is 0. The van der Waals surface area contributed by atoms with Gasteiger partial charge in [-0.25, -0.2) is 4.98 Å². The fourth-order valence-corrected chi connectivity index (χ4v) is 0.862. The zero-order chi connectivity index (χ0) is 9.68. The fraction of sp³-hybridized carbons (Fsp3) is 0.429. The SMILES string of the molecule is NCC(CN)Nc1ncc[nH]c1=O. The molecule has 0 bridgehead atoms. The average molecular weight is 183 g/mol. The van der Waals surface area contributed by atoms with Gasteiger partial charge in [-0.2, -0.15) is 0 Å². The minimum Gasteiger partial charge on any atom is -0.360 e. The van der Waals surface area contributed by atoms with Crippen LogP contribution in [-0.2, 0) is 0 Å². The van der Waals surface area contributed by atoms with E-state index in [4.69, 9.17) is 11.5 Å². The van der Waals surface area contributed by atoms with E-state index in [0.717, 1.165) is 0 Å². The molecule has 6 heteroatoms. The number of hydrogen-bond donors (Lipinski definition) is 4. The molecule has 0 radical (unpaired) electrons. The van der Waals surface area contributed by atoms with Gasteiger partial charge in [0.2, 0.25) is 0 Å². The molecule has 6 N–H and O–H groups in total. The zero-order valence-electron chi connectivity index (χ0n) is 7.16. The molecule has 0 aromatic carbocycles. The molecule has 72 valence electrons. The minimum absolute atomic E-state index is 0.115. The van der Waals surface area contributed by atoms with Gasteiger partial charge in [-0.3, -0.25) is 4.79 Å². The van der Waals surface area contributed by atoms with E-state index in [9.17, 15) is 4.79 Å². The molecular formula is C7H13N5O. The first-order chi connectivity index (χ1) is 6.27. The molecule has 1 aromatic rings. The lowest BCUT2D eigenvalue weighted by Gasteiger charge is -2.13. The quantitative estimate of drug-likeness (QED) is 0.452. The maximum absolute atomic E-state index is 11.1. The van der Waals surface area contributed by atoms with Crippen molar-refractivity contribution >= 4 is 5.82 Å². The molecule has 1 heterocycles. The van der Waals surface area contributed by atoms with E-state index in [1.807, 2.05) is 0 Å². The summed E-state index contributed by atoms with van der Waals surface area (Å²) in [4.78, 5) is 17.5. The standard InChI is InChI=1S/C7H13N5O/c8-3-5(4-9)12-6-7(13)11-2-1-10-6/h1-2,5H,3-4,8-9H2,(H,10,12)(H,11,13). The molecule has 0 aliphatic carbocycles. The summed E-state index contributed by atoms with van der Waals surface area (Å²) in [5.41, 5.74) is 10.5. The summed E-state index contributed by atoms with van der Waals surface area (Å²) in [6.45, 7) is 0.735. The Hall–Kier alpha value is -1.40. The molecular weight excluding hydrogens is 170 g/mol. The second-order valence-corrected chi connectivity index (χ2v) is 2.58. The Morgan fingerprint density at radius 1 is 1.54 bits per heavy atom. The Labute approximate surface area is 75.4 Å². The van der Waals surface area contributed by atoms with Crippen molar-refractivity contribution in [3.8, 4) is 0 Å². The summed E-state index contributed by atoms with van der Waals surface area (Å²) < 4.78 is 0. The smallest absolute Gasteiger partial charge is 0.290 e. The Balaban J connectivity index is 2.73. The first-order valence-corrected chi connectivity index (χ1v) is 3.98. The van der Waals surface area contributed by atoms with Crippen LogP contribution in [0.1, 0.15) is 0 Å². The molecule has 1 aromatic heterocycles. The van der Waals surface area contributed by atoms with Crippen molar-refractivity contribution in [3.05, 3.63) is 22.7 Å². The van der Waals surface area contributed by atoms with Gasteiger partial charge in [0.05, 0.1) is 6.04 Å². The van der Waals surface area contributed by atoms with Gasteiger partial charge < -0.3 is 21.8 Å². The molecule has 0 aliphatic rings. The van der Waals surface area contributed by atoms with Crippen LogP contribution in [0.4, 0.5) is 5.82 Å². The van der Waals surface area contributed by atoms with Crippen LogP contribution in [0.25, 0.3) is 0 Å². The van der Waals surface area contributed by atoms with Gasteiger partial charge in [0, 0.05) is 25.5 Å². The number of nitrogens with zero attached hydrogens (tertiary/aromatic N) is 1. The van der Waals surface area contributed by atoms with E-state index in [0.29, 0.717) is 13.1 Å².